The summed E-state index contributed by atoms with van der Waals surface area (Å²) in [6, 6.07) is 17.9. The van der Waals surface area contributed by atoms with Crippen LogP contribution >= 0.6 is 11.8 Å². The zero-order chi connectivity index (χ0) is 23.2. The molecule has 6 nitrogen and oxygen atoms in total. The minimum Gasteiger partial charge on any atom is -0.497 e. The summed E-state index contributed by atoms with van der Waals surface area (Å²) < 4.78 is 7.53. The maximum absolute atomic E-state index is 12.4. The Morgan fingerprint density at radius 2 is 1.97 bits per heavy atom. The number of imidazole rings is 1. The molecule has 1 N–H and O–H groups in total. The van der Waals surface area contributed by atoms with Crippen molar-refractivity contribution in [3.63, 3.8) is 0 Å². The number of ether oxygens (including phenoxy) is 1. The number of nitrogens with zero attached hydrogens (tertiary/aromatic N) is 3. The van der Waals surface area contributed by atoms with Gasteiger partial charge in [-0.3, -0.25) is 9.78 Å². The Morgan fingerprint density at radius 1 is 1.15 bits per heavy atom. The summed E-state index contributed by atoms with van der Waals surface area (Å²) in [5, 5.41) is 3.94. The lowest BCUT2D eigenvalue weighted by atomic mass is 10.1. The van der Waals surface area contributed by atoms with E-state index in [0.717, 1.165) is 39.7 Å². The molecule has 0 bridgehead atoms. The van der Waals surface area contributed by atoms with Crippen molar-refractivity contribution in [1.82, 2.24) is 19.9 Å². The molecule has 2 heterocycles. The van der Waals surface area contributed by atoms with Crippen LogP contribution in [0.5, 0.6) is 5.75 Å². The van der Waals surface area contributed by atoms with E-state index in [1.165, 1.54) is 5.56 Å². The van der Waals surface area contributed by atoms with Gasteiger partial charge in [0.1, 0.15) is 5.75 Å². The average molecular weight is 461 g/mol. The molecule has 0 saturated heterocycles. The van der Waals surface area contributed by atoms with Crippen LogP contribution in [0.25, 0.3) is 11.0 Å². The Morgan fingerprint density at radius 3 is 2.73 bits per heavy atom. The van der Waals surface area contributed by atoms with Crippen molar-refractivity contribution >= 4 is 28.7 Å². The summed E-state index contributed by atoms with van der Waals surface area (Å²) in [5.74, 6) is 1.59. The van der Waals surface area contributed by atoms with E-state index in [2.05, 4.69) is 27.9 Å². The third-order valence-corrected chi connectivity index (χ3v) is 6.61. The first-order chi connectivity index (χ1) is 16.1. The number of carbonyl (C=O) groups is 1. The Balaban J connectivity index is 1.55. The second kappa shape index (κ2) is 10.5. The highest BCUT2D eigenvalue weighted by molar-refractivity contribution is 7.98. The molecule has 33 heavy (non-hydrogen) atoms. The third kappa shape index (κ3) is 5.54. The zero-order valence-electron chi connectivity index (χ0n) is 19.1. The van der Waals surface area contributed by atoms with Crippen LogP contribution in [0.2, 0.25) is 0 Å². The van der Waals surface area contributed by atoms with Crippen LogP contribution in [0.3, 0.4) is 0 Å². The minimum absolute atomic E-state index is 0.0392. The van der Waals surface area contributed by atoms with E-state index in [-0.39, 0.29) is 11.9 Å². The van der Waals surface area contributed by atoms with Gasteiger partial charge in [-0.2, -0.15) is 0 Å². The quantitative estimate of drug-likeness (QED) is 0.343. The third-order valence-electron chi connectivity index (χ3n) is 5.56. The van der Waals surface area contributed by atoms with Gasteiger partial charge in [0, 0.05) is 23.6 Å². The molecule has 0 spiro atoms. The van der Waals surface area contributed by atoms with Crippen molar-refractivity contribution in [2.45, 2.75) is 43.8 Å². The van der Waals surface area contributed by atoms with Crippen molar-refractivity contribution in [1.29, 1.82) is 0 Å². The molecule has 4 aromatic rings. The Hall–Kier alpha value is -3.32. The first-order valence-corrected chi connectivity index (χ1v) is 12.0. The van der Waals surface area contributed by atoms with E-state index in [9.17, 15) is 4.79 Å². The fourth-order valence-corrected chi connectivity index (χ4v) is 4.43. The number of benzene rings is 2. The van der Waals surface area contributed by atoms with Gasteiger partial charge >= 0.3 is 0 Å². The van der Waals surface area contributed by atoms with E-state index in [1.54, 1.807) is 25.1 Å². The molecule has 1 amide bonds. The highest BCUT2D eigenvalue weighted by Crippen LogP contribution is 2.28. The van der Waals surface area contributed by atoms with E-state index < -0.39 is 0 Å². The number of carbonyl (C=O) groups excluding carboxylic acids is 1. The fourth-order valence-electron chi connectivity index (χ4n) is 3.47. The summed E-state index contributed by atoms with van der Waals surface area (Å²) in [4.78, 5) is 21.5. The van der Waals surface area contributed by atoms with Gasteiger partial charge in [-0.1, -0.05) is 43.0 Å². The summed E-state index contributed by atoms with van der Waals surface area (Å²) >= 11 is 1.69. The van der Waals surface area contributed by atoms with Crippen LogP contribution < -0.4 is 10.1 Å². The molecule has 4 rings (SSSR count). The summed E-state index contributed by atoms with van der Waals surface area (Å²) in [7, 11) is 1.68. The lowest BCUT2D eigenvalue weighted by Gasteiger charge is -2.12. The van der Waals surface area contributed by atoms with Crippen molar-refractivity contribution in [3.8, 4) is 5.75 Å². The van der Waals surface area contributed by atoms with Crippen LogP contribution in [-0.2, 0) is 12.3 Å². The molecule has 0 radical (unpaired) electrons. The van der Waals surface area contributed by atoms with Crippen molar-refractivity contribution in [2.75, 3.05) is 7.11 Å². The molecular weight excluding hydrogens is 432 g/mol. The Labute approximate surface area is 198 Å². The molecule has 0 aliphatic carbocycles. The molecule has 7 heteroatoms. The van der Waals surface area contributed by atoms with E-state index in [1.807, 2.05) is 61.7 Å². The number of rotatable bonds is 9. The molecule has 0 aliphatic heterocycles. The first-order valence-electron chi connectivity index (χ1n) is 11.0. The number of hydrogen-bond acceptors (Lipinski definition) is 5. The number of hydrogen-bond donors (Lipinski definition) is 1. The second-order valence-corrected chi connectivity index (χ2v) is 8.91. The highest BCUT2D eigenvalue weighted by Gasteiger charge is 2.13. The van der Waals surface area contributed by atoms with Crippen molar-refractivity contribution < 1.29 is 9.53 Å². The normalized spacial score (nSPS) is 12.0. The molecule has 0 unspecified atom stereocenters. The number of methoxy groups -OCH3 is 1. The van der Waals surface area contributed by atoms with E-state index in [4.69, 9.17) is 9.72 Å². The molecule has 170 valence electrons. The standard InChI is InChI=1S/C26H28N4O2S/c1-4-18(2)28-25(31)21-10-8-19(9-11-21)16-30-24-15-27-13-12-23(24)29-26(30)33-17-20-6-5-7-22(14-20)32-3/h5-15,18H,4,16-17H2,1-3H3,(H,28,31)/t18-/m1/s1. The van der Waals surface area contributed by atoms with E-state index >= 15 is 0 Å². The lowest BCUT2D eigenvalue weighted by molar-refractivity contribution is 0.0939. The maximum Gasteiger partial charge on any atom is 0.251 e. The summed E-state index contributed by atoms with van der Waals surface area (Å²) in [6.07, 6.45) is 4.52. The second-order valence-electron chi connectivity index (χ2n) is 7.96. The number of nitrogens with one attached hydrogen (secondary N) is 1. The van der Waals surface area contributed by atoms with Crippen LogP contribution in [0.4, 0.5) is 0 Å². The molecule has 0 saturated carbocycles. The van der Waals surface area contributed by atoms with Gasteiger partial charge in [0.2, 0.25) is 0 Å². The highest BCUT2D eigenvalue weighted by atomic mass is 32.2. The number of thioether (sulfide) groups is 1. The van der Waals surface area contributed by atoms with Gasteiger partial charge < -0.3 is 14.6 Å². The number of aromatic nitrogens is 3. The van der Waals surface area contributed by atoms with Crippen LogP contribution in [-0.4, -0.2) is 33.6 Å². The van der Waals surface area contributed by atoms with Gasteiger partial charge in [-0.25, -0.2) is 4.98 Å². The molecule has 2 aromatic carbocycles. The van der Waals surface area contributed by atoms with E-state index in [0.29, 0.717) is 12.1 Å². The monoisotopic (exact) mass is 460 g/mol. The van der Waals surface area contributed by atoms with Crippen LogP contribution in [0.15, 0.2) is 72.1 Å². The van der Waals surface area contributed by atoms with Crippen molar-refractivity contribution in [3.05, 3.63) is 83.7 Å². The molecule has 0 aliphatic rings. The van der Waals surface area contributed by atoms with Crippen LogP contribution in [0, 0.1) is 0 Å². The minimum atomic E-state index is -0.0392. The van der Waals surface area contributed by atoms with Gasteiger partial charge in [0.25, 0.3) is 5.91 Å². The Kier molecular flexibility index (Phi) is 7.29. The fraction of sp³-hybridized carbons (Fsp3) is 0.269. The topological polar surface area (TPSA) is 69.0 Å². The largest absolute Gasteiger partial charge is 0.497 e. The van der Waals surface area contributed by atoms with Gasteiger partial charge in [0.05, 0.1) is 30.9 Å². The first kappa shape index (κ1) is 22.9. The molecule has 2 aromatic heterocycles. The predicted molar refractivity (Wildman–Crippen MR) is 133 cm³/mol. The summed E-state index contributed by atoms with van der Waals surface area (Å²) in [6.45, 7) is 4.72. The van der Waals surface area contributed by atoms with Crippen molar-refractivity contribution in [2.24, 2.45) is 0 Å². The smallest absolute Gasteiger partial charge is 0.251 e. The lowest BCUT2D eigenvalue weighted by Crippen LogP contribution is -2.31. The number of fused-ring (bicyclic) bond motifs is 1. The predicted octanol–water partition coefficient (Wildman–Crippen LogP) is 5.31. The molecule has 0 fully saturated rings. The maximum atomic E-state index is 12.4. The number of amides is 1. The van der Waals surface area contributed by atoms with Gasteiger partial charge in [-0.05, 0) is 54.8 Å². The molecular formula is C26H28N4O2S. The SMILES string of the molecule is CC[C@@H](C)NC(=O)c1ccc(Cn2c(SCc3cccc(OC)c3)nc3ccncc32)cc1. The number of pyridine rings is 1. The zero-order valence-corrected chi connectivity index (χ0v) is 19.9. The summed E-state index contributed by atoms with van der Waals surface area (Å²) in [5.41, 5.74) is 4.85. The van der Waals surface area contributed by atoms with Gasteiger partial charge in [-0.15, -0.1) is 0 Å². The molecule has 1 atom stereocenters. The average Bonchev–Trinajstić information content (AvgIpc) is 3.20. The Bertz CT molecular complexity index is 1240. The van der Waals surface area contributed by atoms with Crippen LogP contribution in [0.1, 0.15) is 41.8 Å². The van der Waals surface area contributed by atoms with Gasteiger partial charge in [0.15, 0.2) is 5.16 Å².